The molecule has 23 heavy (non-hydrogen) atoms. The van der Waals surface area contributed by atoms with Crippen molar-refractivity contribution in [2.24, 2.45) is 0 Å². The van der Waals surface area contributed by atoms with Gasteiger partial charge in [-0.3, -0.25) is 4.57 Å². The third-order valence-electron chi connectivity index (χ3n) is 3.89. The van der Waals surface area contributed by atoms with Crippen LogP contribution < -0.4 is 0 Å². The molecule has 0 aliphatic carbocycles. The number of thioether (sulfide) groups is 1. The van der Waals surface area contributed by atoms with Gasteiger partial charge in [0.2, 0.25) is 0 Å². The van der Waals surface area contributed by atoms with Crippen LogP contribution in [0.3, 0.4) is 0 Å². The summed E-state index contributed by atoms with van der Waals surface area (Å²) in [6.45, 7) is 6.38. The van der Waals surface area contributed by atoms with Gasteiger partial charge in [-0.1, -0.05) is 55.1 Å². The fraction of sp³-hybridized carbons (Fsp3) is 0.263. The Morgan fingerprint density at radius 3 is 2.57 bits per heavy atom. The number of benzene rings is 2. The van der Waals surface area contributed by atoms with Gasteiger partial charge in [0.25, 0.3) is 0 Å². The summed E-state index contributed by atoms with van der Waals surface area (Å²) in [4.78, 5) is 0. The molecule has 1 heterocycles. The Morgan fingerprint density at radius 2 is 1.83 bits per heavy atom. The molecule has 0 fully saturated rings. The average Bonchev–Trinajstić information content (AvgIpc) is 2.97. The van der Waals surface area contributed by atoms with E-state index in [0.29, 0.717) is 0 Å². The molecular weight excluding hydrogens is 302 g/mol. The molecule has 0 atom stereocenters. The van der Waals surface area contributed by atoms with Crippen LogP contribution in [0.1, 0.15) is 29.4 Å². The summed E-state index contributed by atoms with van der Waals surface area (Å²) in [6.07, 6.45) is 0.867. The van der Waals surface area contributed by atoms with E-state index < -0.39 is 0 Å². The molecule has 0 aliphatic heterocycles. The molecule has 3 nitrogen and oxygen atoms in total. The number of rotatable bonds is 5. The van der Waals surface area contributed by atoms with Gasteiger partial charge in [0.1, 0.15) is 5.82 Å². The van der Waals surface area contributed by atoms with Crippen molar-refractivity contribution in [1.29, 1.82) is 0 Å². The van der Waals surface area contributed by atoms with Crippen LogP contribution in [0.25, 0.3) is 5.69 Å². The first-order valence-corrected chi connectivity index (χ1v) is 8.86. The third-order valence-corrected chi connectivity index (χ3v) is 4.87. The van der Waals surface area contributed by atoms with Crippen molar-refractivity contribution in [2.45, 2.75) is 38.1 Å². The fourth-order valence-electron chi connectivity index (χ4n) is 2.56. The highest BCUT2D eigenvalue weighted by molar-refractivity contribution is 7.98. The van der Waals surface area contributed by atoms with Crippen molar-refractivity contribution in [2.75, 3.05) is 0 Å². The minimum atomic E-state index is 0.867. The summed E-state index contributed by atoms with van der Waals surface area (Å²) >= 11 is 1.74. The van der Waals surface area contributed by atoms with E-state index in [1.807, 2.05) is 0 Å². The van der Waals surface area contributed by atoms with Crippen LogP contribution in [0.5, 0.6) is 0 Å². The topological polar surface area (TPSA) is 30.7 Å². The molecule has 0 amide bonds. The number of hydrogen-bond donors (Lipinski definition) is 0. The van der Waals surface area contributed by atoms with Crippen LogP contribution >= 0.6 is 11.8 Å². The second-order valence-electron chi connectivity index (χ2n) is 5.64. The second-order valence-corrected chi connectivity index (χ2v) is 6.58. The molecule has 3 aromatic rings. The van der Waals surface area contributed by atoms with Crippen molar-refractivity contribution in [3.63, 3.8) is 0 Å². The number of aryl methyl sites for hydroxylation is 3. The molecule has 1 aromatic heterocycles. The minimum absolute atomic E-state index is 0.867. The molecule has 0 N–H and O–H groups in total. The van der Waals surface area contributed by atoms with Gasteiger partial charge in [-0.05, 0) is 42.7 Å². The van der Waals surface area contributed by atoms with Crippen molar-refractivity contribution in [1.82, 2.24) is 14.8 Å². The summed E-state index contributed by atoms with van der Waals surface area (Å²) in [7, 11) is 0. The molecule has 4 heteroatoms. The van der Waals surface area contributed by atoms with E-state index in [0.717, 1.165) is 28.8 Å². The highest BCUT2D eigenvalue weighted by Crippen LogP contribution is 2.26. The average molecular weight is 323 g/mol. The van der Waals surface area contributed by atoms with Crippen LogP contribution in [-0.2, 0) is 12.2 Å². The van der Waals surface area contributed by atoms with Crippen LogP contribution in [0.15, 0.2) is 53.7 Å². The Kier molecular flexibility index (Phi) is 4.82. The summed E-state index contributed by atoms with van der Waals surface area (Å²) in [5.74, 6) is 1.91. The largest absolute Gasteiger partial charge is 0.274 e. The van der Waals surface area contributed by atoms with Gasteiger partial charge in [-0.15, -0.1) is 10.2 Å². The molecule has 0 saturated heterocycles. The van der Waals surface area contributed by atoms with Gasteiger partial charge < -0.3 is 0 Å². The molecule has 3 rings (SSSR count). The van der Waals surface area contributed by atoms with E-state index in [9.17, 15) is 0 Å². The SMILES string of the molecule is CCc1nnc(SCc2ccccc2C)n1-c1cccc(C)c1. The Labute approximate surface area is 141 Å². The maximum absolute atomic E-state index is 4.41. The first kappa shape index (κ1) is 15.8. The van der Waals surface area contributed by atoms with Crippen LogP contribution in [-0.4, -0.2) is 14.8 Å². The van der Waals surface area contributed by atoms with E-state index >= 15 is 0 Å². The molecule has 0 saturated carbocycles. The predicted molar refractivity (Wildman–Crippen MR) is 96.2 cm³/mol. The Bertz CT molecular complexity index is 808. The third kappa shape index (κ3) is 3.48. The lowest BCUT2D eigenvalue weighted by Gasteiger charge is -2.10. The van der Waals surface area contributed by atoms with Crippen molar-refractivity contribution in [3.05, 3.63) is 71.0 Å². The lowest BCUT2D eigenvalue weighted by molar-refractivity contribution is 0.835. The summed E-state index contributed by atoms with van der Waals surface area (Å²) in [5.41, 5.74) is 5.04. The van der Waals surface area contributed by atoms with Crippen molar-refractivity contribution in [3.8, 4) is 5.69 Å². The molecule has 2 aromatic carbocycles. The van der Waals surface area contributed by atoms with Crippen LogP contribution in [0.4, 0.5) is 0 Å². The van der Waals surface area contributed by atoms with E-state index in [1.165, 1.54) is 16.7 Å². The molecule has 118 valence electrons. The molecule has 0 radical (unpaired) electrons. The van der Waals surface area contributed by atoms with Crippen molar-refractivity contribution >= 4 is 11.8 Å². The normalized spacial score (nSPS) is 10.9. The van der Waals surface area contributed by atoms with Crippen LogP contribution in [0.2, 0.25) is 0 Å². The first-order chi connectivity index (χ1) is 11.2. The smallest absolute Gasteiger partial charge is 0.196 e. The molecule has 0 aliphatic rings. The zero-order chi connectivity index (χ0) is 16.2. The van der Waals surface area contributed by atoms with Gasteiger partial charge in [-0.25, -0.2) is 0 Å². The second kappa shape index (κ2) is 7.01. The Balaban J connectivity index is 1.91. The summed E-state index contributed by atoms with van der Waals surface area (Å²) in [6, 6.07) is 17.0. The van der Waals surface area contributed by atoms with Crippen LogP contribution in [0, 0.1) is 13.8 Å². The lowest BCUT2D eigenvalue weighted by Crippen LogP contribution is -2.02. The Hall–Kier alpha value is -2.07. The quantitative estimate of drug-likeness (QED) is 0.635. The van der Waals surface area contributed by atoms with Gasteiger partial charge in [0.15, 0.2) is 5.16 Å². The minimum Gasteiger partial charge on any atom is -0.274 e. The standard InChI is InChI=1S/C19H21N3S/c1-4-18-20-21-19(22(18)17-11-7-8-14(2)12-17)23-13-16-10-6-5-9-15(16)3/h5-12H,4,13H2,1-3H3. The van der Waals surface area contributed by atoms with Gasteiger partial charge in [0, 0.05) is 17.9 Å². The van der Waals surface area contributed by atoms with Crippen molar-refractivity contribution < 1.29 is 0 Å². The molecule has 0 spiro atoms. The van der Waals surface area contributed by atoms with E-state index in [2.05, 4.69) is 84.1 Å². The number of aromatic nitrogens is 3. The molecule has 0 bridgehead atoms. The van der Waals surface area contributed by atoms with Gasteiger partial charge in [0.05, 0.1) is 0 Å². The highest BCUT2D eigenvalue weighted by atomic mass is 32.2. The van der Waals surface area contributed by atoms with E-state index in [1.54, 1.807) is 11.8 Å². The molecular formula is C19H21N3S. The maximum Gasteiger partial charge on any atom is 0.196 e. The predicted octanol–water partition coefficient (Wildman–Crippen LogP) is 4.74. The Morgan fingerprint density at radius 1 is 1.00 bits per heavy atom. The summed E-state index contributed by atoms with van der Waals surface area (Å²) < 4.78 is 2.18. The molecule has 0 unspecified atom stereocenters. The number of nitrogens with zero attached hydrogens (tertiary/aromatic N) is 3. The van der Waals surface area contributed by atoms with E-state index in [-0.39, 0.29) is 0 Å². The summed E-state index contributed by atoms with van der Waals surface area (Å²) in [5, 5.41) is 9.74. The number of hydrogen-bond acceptors (Lipinski definition) is 3. The highest BCUT2D eigenvalue weighted by Gasteiger charge is 2.13. The monoisotopic (exact) mass is 323 g/mol. The maximum atomic E-state index is 4.41. The van der Waals surface area contributed by atoms with Gasteiger partial charge >= 0.3 is 0 Å². The zero-order valence-electron chi connectivity index (χ0n) is 13.8. The zero-order valence-corrected chi connectivity index (χ0v) is 14.6. The first-order valence-electron chi connectivity index (χ1n) is 7.87. The van der Waals surface area contributed by atoms with E-state index in [4.69, 9.17) is 0 Å². The lowest BCUT2D eigenvalue weighted by atomic mass is 10.1. The fourth-order valence-corrected chi connectivity index (χ4v) is 3.61. The van der Waals surface area contributed by atoms with Gasteiger partial charge in [-0.2, -0.15) is 0 Å².